The molecule has 1 N–H and O–H groups in total. The summed E-state index contributed by atoms with van der Waals surface area (Å²) in [7, 11) is 0. The smallest absolute Gasteiger partial charge is 0.0465 e. The number of aromatic nitrogens is 1. The summed E-state index contributed by atoms with van der Waals surface area (Å²) in [5, 5.41) is 1.27. The van der Waals surface area contributed by atoms with Gasteiger partial charge in [0, 0.05) is 35.4 Å². The first-order valence-electron chi connectivity index (χ1n) is 8.23. The number of benzene rings is 2. The molecule has 0 saturated carbocycles. The van der Waals surface area contributed by atoms with Gasteiger partial charge in [0.1, 0.15) is 0 Å². The molecule has 1 aromatic heterocycles. The minimum atomic E-state index is 0.869. The van der Waals surface area contributed by atoms with Gasteiger partial charge < -0.3 is 9.88 Å². The monoisotopic (exact) mass is 290 g/mol. The molecule has 3 aromatic rings. The van der Waals surface area contributed by atoms with Crippen LogP contribution >= 0.6 is 0 Å². The van der Waals surface area contributed by atoms with Crippen molar-refractivity contribution in [1.82, 2.24) is 4.98 Å². The summed E-state index contributed by atoms with van der Waals surface area (Å²) in [6.07, 6.45) is 2.60. The maximum atomic E-state index is 3.53. The average Bonchev–Trinajstić information content (AvgIpc) is 3.00. The molecule has 0 bridgehead atoms. The Morgan fingerprint density at radius 2 is 1.77 bits per heavy atom. The summed E-state index contributed by atoms with van der Waals surface area (Å²) in [4.78, 5) is 6.05. The Morgan fingerprint density at radius 1 is 0.955 bits per heavy atom. The molecule has 0 spiro atoms. The number of nitrogens with one attached hydrogen (secondary N) is 1. The van der Waals surface area contributed by atoms with E-state index < -0.39 is 0 Å². The number of rotatable bonds is 2. The van der Waals surface area contributed by atoms with E-state index in [1.807, 2.05) is 0 Å². The highest BCUT2D eigenvalue weighted by Gasteiger charge is 2.16. The van der Waals surface area contributed by atoms with E-state index in [0.717, 1.165) is 5.92 Å². The fourth-order valence-electron chi connectivity index (χ4n) is 3.37. The van der Waals surface area contributed by atoms with Crippen molar-refractivity contribution in [3.8, 4) is 11.3 Å². The van der Waals surface area contributed by atoms with Gasteiger partial charge in [0.15, 0.2) is 0 Å². The normalized spacial score (nSPS) is 16.3. The zero-order valence-electron chi connectivity index (χ0n) is 13.0. The number of H-pyrrole nitrogens is 1. The Morgan fingerprint density at radius 3 is 2.59 bits per heavy atom. The molecule has 0 unspecified atom stereocenters. The van der Waals surface area contributed by atoms with Crippen molar-refractivity contribution in [2.75, 3.05) is 18.0 Å². The third kappa shape index (κ3) is 2.50. The van der Waals surface area contributed by atoms with Gasteiger partial charge in [-0.25, -0.2) is 0 Å². The number of fused-ring (bicyclic) bond motifs is 1. The Labute approximate surface area is 131 Å². The molecule has 1 aliphatic rings. The van der Waals surface area contributed by atoms with E-state index in [0.29, 0.717) is 0 Å². The molecule has 1 saturated heterocycles. The van der Waals surface area contributed by atoms with Crippen LogP contribution in [0.5, 0.6) is 0 Å². The molecule has 0 aliphatic carbocycles. The summed E-state index contributed by atoms with van der Waals surface area (Å²) in [6.45, 7) is 4.72. The van der Waals surface area contributed by atoms with Crippen molar-refractivity contribution in [2.24, 2.45) is 5.92 Å². The third-order valence-corrected chi connectivity index (χ3v) is 4.84. The maximum absolute atomic E-state index is 3.53. The first-order valence-corrected chi connectivity index (χ1v) is 8.23. The first kappa shape index (κ1) is 13.4. The number of anilines is 1. The van der Waals surface area contributed by atoms with E-state index in [2.05, 4.69) is 71.4 Å². The van der Waals surface area contributed by atoms with Gasteiger partial charge in [-0.3, -0.25) is 0 Å². The van der Waals surface area contributed by atoms with Gasteiger partial charge in [-0.15, -0.1) is 0 Å². The maximum Gasteiger partial charge on any atom is 0.0465 e. The van der Waals surface area contributed by atoms with E-state index in [1.165, 1.54) is 53.8 Å². The topological polar surface area (TPSA) is 19.0 Å². The lowest BCUT2D eigenvalue weighted by Gasteiger charge is -2.32. The summed E-state index contributed by atoms with van der Waals surface area (Å²) in [6, 6.07) is 19.6. The van der Waals surface area contributed by atoms with Crippen molar-refractivity contribution >= 4 is 16.6 Å². The zero-order valence-corrected chi connectivity index (χ0v) is 13.0. The summed E-state index contributed by atoms with van der Waals surface area (Å²) < 4.78 is 0. The van der Waals surface area contributed by atoms with E-state index >= 15 is 0 Å². The van der Waals surface area contributed by atoms with Crippen LogP contribution in [0.1, 0.15) is 19.8 Å². The highest BCUT2D eigenvalue weighted by atomic mass is 15.1. The molecule has 112 valence electrons. The second-order valence-electron chi connectivity index (χ2n) is 6.49. The number of aromatic amines is 1. The molecule has 0 atom stereocenters. The van der Waals surface area contributed by atoms with Crippen molar-refractivity contribution < 1.29 is 0 Å². The molecule has 2 heteroatoms. The molecular weight excluding hydrogens is 268 g/mol. The summed E-state index contributed by atoms with van der Waals surface area (Å²) in [5.74, 6) is 0.869. The lowest BCUT2D eigenvalue weighted by molar-refractivity contribution is 0.438. The molecule has 2 aromatic carbocycles. The van der Waals surface area contributed by atoms with Crippen LogP contribution in [0.15, 0.2) is 54.6 Å². The van der Waals surface area contributed by atoms with Gasteiger partial charge >= 0.3 is 0 Å². The van der Waals surface area contributed by atoms with Crippen LogP contribution in [0, 0.1) is 5.92 Å². The van der Waals surface area contributed by atoms with Gasteiger partial charge in [-0.1, -0.05) is 37.3 Å². The molecule has 22 heavy (non-hydrogen) atoms. The Hall–Kier alpha value is -2.22. The molecular formula is C20H22N2. The fourth-order valence-corrected chi connectivity index (χ4v) is 3.37. The standard InChI is InChI=1S/C20H22N2/c1-15-9-11-22(12-10-15)18-7-4-6-16(13-18)20-14-17-5-2-3-8-19(17)21-20/h2-8,13-15,21H,9-12H2,1H3. The predicted molar refractivity (Wildman–Crippen MR) is 94.3 cm³/mol. The van der Waals surface area contributed by atoms with Gasteiger partial charge in [0.2, 0.25) is 0 Å². The number of para-hydroxylation sites is 1. The van der Waals surface area contributed by atoms with Gasteiger partial charge in [0.25, 0.3) is 0 Å². The zero-order chi connectivity index (χ0) is 14.9. The van der Waals surface area contributed by atoms with E-state index in [-0.39, 0.29) is 0 Å². The molecule has 1 fully saturated rings. The number of nitrogens with zero attached hydrogens (tertiary/aromatic N) is 1. The largest absolute Gasteiger partial charge is 0.371 e. The number of hydrogen-bond donors (Lipinski definition) is 1. The highest BCUT2D eigenvalue weighted by Crippen LogP contribution is 2.29. The number of piperidine rings is 1. The lowest BCUT2D eigenvalue weighted by Crippen LogP contribution is -2.32. The third-order valence-electron chi connectivity index (χ3n) is 4.84. The first-order chi connectivity index (χ1) is 10.8. The van der Waals surface area contributed by atoms with Crippen molar-refractivity contribution in [3.05, 3.63) is 54.6 Å². The molecule has 1 aliphatic heterocycles. The van der Waals surface area contributed by atoms with E-state index in [4.69, 9.17) is 0 Å². The van der Waals surface area contributed by atoms with Crippen LogP contribution in [-0.2, 0) is 0 Å². The average molecular weight is 290 g/mol. The van der Waals surface area contributed by atoms with Crippen LogP contribution in [0.4, 0.5) is 5.69 Å². The molecule has 2 heterocycles. The molecule has 0 amide bonds. The quantitative estimate of drug-likeness (QED) is 0.698. The van der Waals surface area contributed by atoms with Gasteiger partial charge in [-0.05, 0) is 48.6 Å². The minimum absolute atomic E-state index is 0.869. The Balaban J connectivity index is 1.66. The second kappa shape index (κ2) is 5.53. The number of hydrogen-bond acceptors (Lipinski definition) is 1. The van der Waals surface area contributed by atoms with Crippen LogP contribution in [-0.4, -0.2) is 18.1 Å². The van der Waals surface area contributed by atoms with Crippen molar-refractivity contribution in [1.29, 1.82) is 0 Å². The van der Waals surface area contributed by atoms with Crippen molar-refractivity contribution in [3.63, 3.8) is 0 Å². The summed E-state index contributed by atoms with van der Waals surface area (Å²) in [5.41, 5.74) is 5.03. The van der Waals surface area contributed by atoms with Gasteiger partial charge in [0.05, 0.1) is 0 Å². The fraction of sp³-hybridized carbons (Fsp3) is 0.300. The summed E-state index contributed by atoms with van der Waals surface area (Å²) >= 11 is 0. The highest BCUT2D eigenvalue weighted by molar-refractivity contribution is 5.86. The predicted octanol–water partition coefficient (Wildman–Crippen LogP) is 5.07. The molecule has 0 radical (unpaired) electrons. The van der Waals surface area contributed by atoms with E-state index in [9.17, 15) is 0 Å². The molecule has 2 nitrogen and oxygen atoms in total. The Bertz CT molecular complexity index is 746. The molecule has 4 rings (SSSR count). The van der Waals surface area contributed by atoms with Gasteiger partial charge in [-0.2, -0.15) is 0 Å². The Kier molecular flexibility index (Phi) is 3.38. The lowest BCUT2D eigenvalue weighted by atomic mass is 9.98. The van der Waals surface area contributed by atoms with Crippen LogP contribution < -0.4 is 4.90 Å². The van der Waals surface area contributed by atoms with Crippen LogP contribution in [0.25, 0.3) is 22.2 Å². The SMILES string of the molecule is CC1CCN(c2cccc(-c3cc4ccccc4[nH]3)c2)CC1. The minimum Gasteiger partial charge on any atom is -0.371 e. The van der Waals surface area contributed by atoms with Crippen LogP contribution in [0.3, 0.4) is 0 Å². The van der Waals surface area contributed by atoms with E-state index in [1.54, 1.807) is 0 Å². The second-order valence-corrected chi connectivity index (χ2v) is 6.49. The van der Waals surface area contributed by atoms with Crippen molar-refractivity contribution in [2.45, 2.75) is 19.8 Å². The van der Waals surface area contributed by atoms with Crippen LogP contribution in [0.2, 0.25) is 0 Å².